The van der Waals surface area contributed by atoms with Crippen molar-refractivity contribution in [1.82, 2.24) is 5.32 Å². The van der Waals surface area contributed by atoms with Crippen LogP contribution in [0.1, 0.15) is 23.2 Å². The maximum atomic E-state index is 13.7. The van der Waals surface area contributed by atoms with Gasteiger partial charge in [-0.25, -0.2) is 4.39 Å². The normalized spacial score (nSPS) is 25.9. The number of amides is 1. The Hall–Kier alpha value is -1.91. The van der Waals surface area contributed by atoms with Crippen LogP contribution >= 0.6 is 0 Å². The highest BCUT2D eigenvalue weighted by molar-refractivity contribution is 5.87. The Bertz CT molecular complexity index is 532. The van der Waals surface area contributed by atoms with E-state index in [9.17, 15) is 14.0 Å². The second-order valence-electron chi connectivity index (χ2n) is 5.05. The number of fused-ring (bicyclic) bond motifs is 1. The first-order valence-corrected chi connectivity index (χ1v) is 6.50. The van der Waals surface area contributed by atoms with Gasteiger partial charge in [-0.15, -0.1) is 0 Å². The predicted octanol–water partition coefficient (Wildman–Crippen LogP) is 1.35. The molecular formula is C14H15FN2O2. The molecule has 2 aliphatic rings. The zero-order chi connectivity index (χ0) is 13.4. The van der Waals surface area contributed by atoms with Crippen LogP contribution in [-0.2, 0) is 4.79 Å². The van der Waals surface area contributed by atoms with Gasteiger partial charge in [-0.05, 0) is 25.0 Å². The Morgan fingerprint density at radius 2 is 2.26 bits per heavy atom. The number of nitrogens with zero attached hydrogens (tertiary/aromatic N) is 1. The van der Waals surface area contributed by atoms with Crippen molar-refractivity contribution < 1.29 is 14.0 Å². The van der Waals surface area contributed by atoms with Gasteiger partial charge in [0.05, 0.1) is 23.2 Å². The van der Waals surface area contributed by atoms with Gasteiger partial charge < -0.3 is 10.2 Å². The van der Waals surface area contributed by atoms with Crippen LogP contribution in [0.15, 0.2) is 18.2 Å². The molecule has 0 radical (unpaired) electrons. The first kappa shape index (κ1) is 12.1. The quantitative estimate of drug-likeness (QED) is 0.819. The molecule has 2 fully saturated rings. The fourth-order valence-electron chi connectivity index (χ4n) is 3.14. The molecule has 2 saturated heterocycles. The van der Waals surface area contributed by atoms with Crippen LogP contribution in [0.4, 0.5) is 10.1 Å². The standard InChI is InChI=1S/C14H15FN2O2/c15-11-4-1-5-12(10(11)8-18)17-6-2-3-9-13(17)7-16-14(9)19/h1,4-5,8-9,13H,2-3,6-7H2,(H,16,19). The molecule has 1 N–H and O–H groups in total. The number of benzene rings is 1. The average molecular weight is 262 g/mol. The van der Waals surface area contributed by atoms with E-state index < -0.39 is 5.82 Å². The van der Waals surface area contributed by atoms with E-state index in [-0.39, 0.29) is 23.4 Å². The van der Waals surface area contributed by atoms with Crippen LogP contribution in [0.3, 0.4) is 0 Å². The summed E-state index contributed by atoms with van der Waals surface area (Å²) in [5, 5.41) is 2.85. The van der Waals surface area contributed by atoms with E-state index in [2.05, 4.69) is 5.32 Å². The van der Waals surface area contributed by atoms with E-state index in [1.54, 1.807) is 12.1 Å². The molecule has 5 heteroatoms. The monoisotopic (exact) mass is 262 g/mol. The van der Waals surface area contributed by atoms with E-state index in [1.165, 1.54) is 6.07 Å². The van der Waals surface area contributed by atoms with E-state index in [0.29, 0.717) is 18.5 Å². The van der Waals surface area contributed by atoms with Gasteiger partial charge in [0, 0.05) is 13.1 Å². The lowest BCUT2D eigenvalue weighted by Crippen LogP contribution is -2.46. The van der Waals surface area contributed by atoms with Crippen molar-refractivity contribution in [2.24, 2.45) is 5.92 Å². The summed E-state index contributed by atoms with van der Waals surface area (Å²) in [5.41, 5.74) is 0.684. The number of halogens is 1. The minimum absolute atomic E-state index is 0.0294. The minimum atomic E-state index is -0.507. The molecule has 2 heterocycles. The van der Waals surface area contributed by atoms with Gasteiger partial charge in [0.1, 0.15) is 5.82 Å². The second kappa shape index (κ2) is 4.64. The summed E-state index contributed by atoms with van der Waals surface area (Å²) < 4.78 is 13.7. The number of piperidine rings is 1. The van der Waals surface area contributed by atoms with Gasteiger partial charge in [0.15, 0.2) is 6.29 Å². The van der Waals surface area contributed by atoms with E-state index in [0.717, 1.165) is 19.4 Å². The number of anilines is 1. The van der Waals surface area contributed by atoms with Crippen molar-refractivity contribution in [3.8, 4) is 0 Å². The van der Waals surface area contributed by atoms with Crippen LogP contribution in [-0.4, -0.2) is 31.3 Å². The molecule has 0 spiro atoms. The lowest BCUT2D eigenvalue weighted by Gasteiger charge is -2.38. The van der Waals surface area contributed by atoms with Crippen molar-refractivity contribution in [2.45, 2.75) is 18.9 Å². The molecule has 0 bridgehead atoms. The van der Waals surface area contributed by atoms with Crippen LogP contribution in [0.25, 0.3) is 0 Å². The Kier molecular flexibility index (Phi) is 2.97. The summed E-state index contributed by atoms with van der Waals surface area (Å²) in [6.07, 6.45) is 2.29. The highest BCUT2D eigenvalue weighted by atomic mass is 19.1. The fourth-order valence-corrected chi connectivity index (χ4v) is 3.14. The highest BCUT2D eigenvalue weighted by Crippen LogP contribution is 2.33. The molecule has 100 valence electrons. The first-order chi connectivity index (χ1) is 9.22. The number of carbonyl (C=O) groups excluding carboxylic acids is 2. The maximum Gasteiger partial charge on any atom is 0.225 e. The molecule has 2 unspecified atom stereocenters. The van der Waals surface area contributed by atoms with Gasteiger partial charge in [-0.2, -0.15) is 0 Å². The molecule has 0 aromatic heterocycles. The average Bonchev–Trinajstić information content (AvgIpc) is 2.80. The van der Waals surface area contributed by atoms with Crippen molar-refractivity contribution in [2.75, 3.05) is 18.0 Å². The largest absolute Gasteiger partial charge is 0.365 e. The summed E-state index contributed by atoms with van der Waals surface area (Å²) in [4.78, 5) is 24.8. The summed E-state index contributed by atoms with van der Waals surface area (Å²) in [7, 11) is 0. The van der Waals surface area contributed by atoms with Crippen molar-refractivity contribution in [3.63, 3.8) is 0 Å². The lowest BCUT2D eigenvalue weighted by atomic mass is 9.90. The van der Waals surface area contributed by atoms with Crippen LogP contribution in [0.2, 0.25) is 0 Å². The molecular weight excluding hydrogens is 247 g/mol. The van der Waals surface area contributed by atoms with E-state index >= 15 is 0 Å². The molecule has 0 saturated carbocycles. The van der Waals surface area contributed by atoms with E-state index in [1.807, 2.05) is 4.90 Å². The van der Waals surface area contributed by atoms with Gasteiger partial charge in [-0.1, -0.05) is 6.07 Å². The number of carbonyl (C=O) groups is 2. The molecule has 0 aliphatic carbocycles. The van der Waals surface area contributed by atoms with Gasteiger partial charge >= 0.3 is 0 Å². The molecule has 1 aromatic rings. The van der Waals surface area contributed by atoms with Gasteiger partial charge in [0.25, 0.3) is 0 Å². The van der Waals surface area contributed by atoms with Crippen LogP contribution in [0, 0.1) is 11.7 Å². The Labute approximate surface area is 110 Å². The molecule has 19 heavy (non-hydrogen) atoms. The topological polar surface area (TPSA) is 49.4 Å². The number of aldehydes is 1. The molecule has 1 amide bonds. The van der Waals surface area contributed by atoms with E-state index in [4.69, 9.17) is 0 Å². The third kappa shape index (κ3) is 1.89. The summed E-state index contributed by atoms with van der Waals surface area (Å²) in [6.45, 7) is 1.32. The van der Waals surface area contributed by atoms with Crippen LogP contribution < -0.4 is 10.2 Å². The number of rotatable bonds is 2. The van der Waals surface area contributed by atoms with Crippen molar-refractivity contribution in [3.05, 3.63) is 29.6 Å². The molecule has 4 nitrogen and oxygen atoms in total. The molecule has 1 aromatic carbocycles. The van der Waals surface area contributed by atoms with Gasteiger partial charge in [0.2, 0.25) is 5.91 Å². The zero-order valence-corrected chi connectivity index (χ0v) is 10.4. The van der Waals surface area contributed by atoms with Crippen molar-refractivity contribution >= 4 is 17.9 Å². The third-order valence-electron chi connectivity index (χ3n) is 4.06. The van der Waals surface area contributed by atoms with Crippen molar-refractivity contribution in [1.29, 1.82) is 0 Å². The summed E-state index contributed by atoms with van der Waals surface area (Å²) in [6, 6.07) is 4.66. The SMILES string of the molecule is O=Cc1c(F)cccc1N1CCCC2C(=O)NCC21. The maximum absolute atomic E-state index is 13.7. The van der Waals surface area contributed by atoms with Crippen LogP contribution in [0.5, 0.6) is 0 Å². The number of hydrogen-bond acceptors (Lipinski definition) is 3. The summed E-state index contributed by atoms with van der Waals surface area (Å²) >= 11 is 0. The molecule has 3 rings (SSSR count). The predicted molar refractivity (Wildman–Crippen MR) is 68.7 cm³/mol. The zero-order valence-electron chi connectivity index (χ0n) is 10.4. The first-order valence-electron chi connectivity index (χ1n) is 6.50. The van der Waals surface area contributed by atoms with Gasteiger partial charge in [-0.3, -0.25) is 9.59 Å². The highest BCUT2D eigenvalue weighted by Gasteiger charge is 2.41. The summed E-state index contributed by atoms with van der Waals surface area (Å²) in [5.74, 6) is -0.484. The second-order valence-corrected chi connectivity index (χ2v) is 5.05. The smallest absolute Gasteiger partial charge is 0.225 e. The number of hydrogen-bond donors (Lipinski definition) is 1. The minimum Gasteiger partial charge on any atom is -0.365 e. The molecule has 2 aliphatic heterocycles. The third-order valence-corrected chi connectivity index (χ3v) is 4.06. The Morgan fingerprint density at radius 3 is 3.05 bits per heavy atom. The molecule has 2 atom stereocenters. The lowest BCUT2D eigenvalue weighted by molar-refractivity contribution is -0.122. The fraction of sp³-hybridized carbons (Fsp3) is 0.429. The Morgan fingerprint density at radius 1 is 1.42 bits per heavy atom. The Balaban J connectivity index is 2.00. The number of nitrogens with one attached hydrogen (secondary N) is 1.